The number of alkyl carbamates (subject to hydrolysis) is 2. The van der Waals surface area contributed by atoms with E-state index >= 15 is 0 Å². The Kier molecular flexibility index (Phi) is 11.1. The van der Waals surface area contributed by atoms with Gasteiger partial charge in [-0.2, -0.15) is 0 Å². The van der Waals surface area contributed by atoms with E-state index in [4.69, 9.17) is 18.9 Å². The molecule has 0 radical (unpaired) electrons. The van der Waals surface area contributed by atoms with E-state index in [2.05, 4.69) is 10.6 Å². The van der Waals surface area contributed by atoms with E-state index in [1.165, 1.54) is 13.8 Å². The van der Waals surface area contributed by atoms with Gasteiger partial charge in [-0.1, -0.05) is 0 Å². The zero-order valence-electron chi connectivity index (χ0n) is 21.8. The molecule has 2 aliphatic rings. The van der Waals surface area contributed by atoms with Crippen LogP contribution in [0.3, 0.4) is 0 Å². The number of esters is 2. The van der Waals surface area contributed by atoms with Gasteiger partial charge in [0, 0.05) is 38.8 Å². The molecule has 0 aliphatic heterocycles. The van der Waals surface area contributed by atoms with Crippen molar-refractivity contribution in [1.82, 2.24) is 10.6 Å². The largest absolute Gasteiger partial charge is 0.462 e. The lowest BCUT2D eigenvalue weighted by molar-refractivity contribution is -0.147. The Morgan fingerprint density at radius 1 is 0.618 bits per heavy atom. The molecule has 0 aromatic rings. The fraction of sp³-hybridized carbons (Fsp3) is 0.833. The minimum atomic E-state index is -0.488. The van der Waals surface area contributed by atoms with Gasteiger partial charge in [-0.15, -0.1) is 0 Å². The van der Waals surface area contributed by atoms with Crippen LogP contribution in [-0.2, 0) is 28.5 Å². The van der Waals surface area contributed by atoms with E-state index in [0.29, 0.717) is 12.8 Å². The van der Waals surface area contributed by atoms with E-state index < -0.39 is 23.4 Å². The lowest BCUT2D eigenvalue weighted by atomic mass is 10.2. The lowest BCUT2D eigenvalue weighted by Crippen LogP contribution is -2.38. The van der Waals surface area contributed by atoms with Gasteiger partial charge in [0.25, 0.3) is 0 Å². The second-order valence-electron chi connectivity index (χ2n) is 10.8. The van der Waals surface area contributed by atoms with E-state index in [0.717, 1.165) is 25.7 Å². The minimum absolute atomic E-state index is 0.0363. The van der Waals surface area contributed by atoms with Crippen LogP contribution < -0.4 is 10.6 Å². The van der Waals surface area contributed by atoms with Crippen LogP contribution in [-0.4, -0.2) is 59.6 Å². The summed E-state index contributed by atoms with van der Waals surface area (Å²) in [6.07, 6.45) is 3.57. The third-order valence-corrected chi connectivity index (χ3v) is 4.88. The highest BCUT2D eigenvalue weighted by Gasteiger charge is 2.30. The average molecular weight is 487 g/mol. The number of rotatable bonds is 4. The van der Waals surface area contributed by atoms with Gasteiger partial charge in [-0.3, -0.25) is 9.59 Å². The zero-order valence-corrected chi connectivity index (χ0v) is 21.8. The Hall–Kier alpha value is -2.52. The fourth-order valence-corrected chi connectivity index (χ4v) is 3.77. The van der Waals surface area contributed by atoms with Crippen LogP contribution >= 0.6 is 0 Å². The highest BCUT2D eigenvalue weighted by molar-refractivity contribution is 5.69. The van der Waals surface area contributed by atoms with Crippen LogP contribution in [0.15, 0.2) is 0 Å². The van der Waals surface area contributed by atoms with Gasteiger partial charge in [0.05, 0.1) is 0 Å². The van der Waals surface area contributed by atoms with Crippen LogP contribution in [0, 0.1) is 0 Å². The third-order valence-electron chi connectivity index (χ3n) is 4.88. The highest BCUT2D eigenvalue weighted by Crippen LogP contribution is 2.23. The molecule has 34 heavy (non-hydrogen) atoms. The standard InChI is InChI=1S/2C12H21NO4/c2*1-8(14)16-10-6-5-9(7-10)13-11(15)17-12(2,3)4/h2*9-10H,5-7H2,1-4H3,(H,13,15). The first-order chi connectivity index (χ1) is 15.5. The molecule has 4 atom stereocenters. The summed E-state index contributed by atoms with van der Waals surface area (Å²) in [6.45, 7) is 13.7. The maximum atomic E-state index is 11.5. The molecule has 0 heterocycles. The van der Waals surface area contributed by atoms with Gasteiger partial charge in [-0.05, 0) is 67.2 Å². The van der Waals surface area contributed by atoms with E-state index in [-0.39, 0.29) is 36.2 Å². The average Bonchev–Trinajstić information content (AvgIpc) is 3.20. The Labute approximate surface area is 202 Å². The van der Waals surface area contributed by atoms with Crippen molar-refractivity contribution in [1.29, 1.82) is 0 Å². The fourth-order valence-electron chi connectivity index (χ4n) is 3.77. The molecule has 0 saturated heterocycles. The highest BCUT2D eigenvalue weighted by atomic mass is 16.6. The monoisotopic (exact) mass is 486 g/mol. The molecule has 10 heteroatoms. The molecule has 2 rings (SSSR count). The van der Waals surface area contributed by atoms with Crippen LogP contribution in [0.25, 0.3) is 0 Å². The van der Waals surface area contributed by atoms with Crippen LogP contribution in [0.1, 0.15) is 93.9 Å². The molecule has 0 aromatic heterocycles. The first kappa shape index (κ1) is 29.5. The lowest BCUT2D eigenvalue weighted by Gasteiger charge is -2.21. The van der Waals surface area contributed by atoms with Crippen LogP contribution in [0.4, 0.5) is 9.59 Å². The number of hydrogen-bond acceptors (Lipinski definition) is 8. The van der Waals surface area contributed by atoms with Crippen molar-refractivity contribution in [2.24, 2.45) is 0 Å². The van der Waals surface area contributed by atoms with Crippen molar-refractivity contribution in [3.63, 3.8) is 0 Å². The molecule has 2 amide bonds. The number of amides is 2. The van der Waals surface area contributed by atoms with Crippen molar-refractivity contribution in [2.75, 3.05) is 0 Å². The summed E-state index contributed by atoms with van der Waals surface area (Å²) in [4.78, 5) is 44.6. The first-order valence-electron chi connectivity index (χ1n) is 11.9. The molecule has 2 saturated carbocycles. The maximum Gasteiger partial charge on any atom is 0.407 e. The quantitative estimate of drug-likeness (QED) is 0.451. The van der Waals surface area contributed by atoms with E-state index in [1.54, 1.807) is 0 Å². The number of carbonyl (C=O) groups excluding carboxylic acids is 4. The van der Waals surface area contributed by atoms with Crippen molar-refractivity contribution in [3.05, 3.63) is 0 Å². The normalized spacial score (nSPS) is 24.2. The SMILES string of the molecule is CC(=O)OC1CCC(NC(=O)OC(C)(C)C)C1.CC(=O)OC1CCC(NC(=O)OC(C)(C)C)C1. The summed E-state index contributed by atoms with van der Waals surface area (Å²) in [7, 11) is 0. The summed E-state index contributed by atoms with van der Waals surface area (Å²) < 4.78 is 20.5. The maximum absolute atomic E-state index is 11.5. The molecular formula is C24H42N2O8. The summed E-state index contributed by atoms with van der Waals surface area (Å²) in [5.41, 5.74) is -0.976. The number of ether oxygens (including phenoxy) is 4. The molecule has 4 unspecified atom stereocenters. The van der Waals surface area contributed by atoms with Crippen LogP contribution in [0.5, 0.6) is 0 Å². The topological polar surface area (TPSA) is 129 Å². The molecule has 10 nitrogen and oxygen atoms in total. The van der Waals surface area contributed by atoms with Gasteiger partial charge in [0.1, 0.15) is 23.4 Å². The first-order valence-corrected chi connectivity index (χ1v) is 11.9. The van der Waals surface area contributed by atoms with Crippen molar-refractivity contribution >= 4 is 24.1 Å². The minimum Gasteiger partial charge on any atom is -0.462 e. The summed E-state index contributed by atoms with van der Waals surface area (Å²) in [6, 6.07) is 0.0726. The summed E-state index contributed by atoms with van der Waals surface area (Å²) in [5.74, 6) is -0.541. The van der Waals surface area contributed by atoms with Crippen molar-refractivity contribution in [3.8, 4) is 0 Å². The molecule has 196 valence electrons. The predicted molar refractivity (Wildman–Crippen MR) is 125 cm³/mol. The summed E-state index contributed by atoms with van der Waals surface area (Å²) >= 11 is 0. The van der Waals surface area contributed by atoms with Gasteiger partial charge in [0.2, 0.25) is 0 Å². The van der Waals surface area contributed by atoms with Gasteiger partial charge in [-0.25, -0.2) is 9.59 Å². The Balaban J connectivity index is 0.000000340. The van der Waals surface area contributed by atoms with Crippen molar-refractivity contribution < 1.29 is 38.1 Å². The number of nitrogens with one attached hydrogen (secondary N) is 2. The smallest absolute Gasteiger partial charge is 0.407 e. The predicted octanol–water partition coefficient (Wildman–Crippen LogP) is 3.99. The van der Waals surface area contributed by atoms with Gasteiger partial charge < -0.3 is 29.6 Å². The number of carbonyl (C=O) groups is 4. The van der Waals surface area contributed by atoms with Crippen molar-refractivity contribution in [2.45, 2.75) is 129 Å². The second kappa shape index (κ2) is 12.8. The Morgan fingerprint density at radius 2 is 0.941 bits per heavy atom. The molecule has 0 bridgehead atoms. The Morgan fingerprint density at radius 3 is 1.21 bits per heavy atom. The van der Waals surface area contributed by atoms with Gasteiger partial charge in [0.15, 0.2) is 0 Å². The third kappa shape index (κ3) is 13.9. The molecule has 2 N–H and O–H groups in total. The molecule has 2 fully saturated rings. The van der Waals surface area contributed by atoms with Gasteiger partial charge >= 0.3 is 24.1 Å². The molecule has 2 aliphatic carbocycles. The molecule has 0 aromatic carbocycles. The van der Waals surface area contributed by atoms with E-state index in [1.807, 2.05) is 41.5 Å². The van der Waals surface area contributed by atoms with E-state index in [9.17, 15) is 19.2 Å². The number of hydrogen-bond donors (Lipinski definition) is 2. The van der Waals surface area contributed by atoms with Crippen LogP contribution in [0.2, 0.25) is 0 Å². The molecular weight excluding hydrogens is 444 g/mol. The molecule has 0 spiro atoms. The Bertz CT molecular complexity index is 651. The zero-order chi connectivity index (χ0) is 26.1. The summed E-state index contributed by atoms with van der Waals surface area (Å²) in [5, 5.41) is 5.57. The second-order valence-corrected chi connectivity index (χ2v) is 10.8.